The minimum atomic E-state index is -0.0202. The van der Waals surface area contributed by atoms with Gasteiger partial charge in [-0.25, -0.2) is 4.79 Å². The number of benzene rings is 2. The molecule has 1 fully saturated rings. The Bertz CT molecular complexity index is 928. The van der Waals surface area contributed by atoms with E-state index in [1.807, 2.05) is 46.2 Å². The van der Waals surface area contributed by atoms with Crippen LogP contribution in [-0.4, -0.2) is 44.8 Å². The molecule has 32 heavy (non-hydrogen) atoms. The molecule has 1 saturated heterocycles. The average Bonchev–Trinajstić information content (AvgIpc) is 2.83. The van der Waals surface area contributed by atoms with Gasteiger partial charge in [-0.05, 0) is 36.6 Å². The summed E-state index contributed by atoms with van der Waals surface area (Å²) >= 11 is 0. The third-order valence-corrected chi connectivity index (χ3v) is 5.68. The number of ether oxygens (including phenoxy) is 3. The number of carbonyl (C=O) groups excluding carboxylic acids is 1. The van der Waals surface area contributed by atoms with Gasteiger partial charge in [0.1, 0.15) is 5.75 Å². The largest absolute Gasteiger partial charge is 0.496 e. The van der Waals surface area contributed by atoms with Crippen molar-refractivity contribution >= 4 is 17.8 Å². The summed E-state index contributed by atoms with van der Waals surface area (Å²) in [5.74, 6) is 2.12. The van der Waals surface area contributed by atoms with Gasteiger partial charge in [0.05, 0.1) is 27.4 Å². The highest BCUT2D eigenvalue weighted by Crippen LogP contribution is 2.34. The average molecular weight is 439 g/mol. The Balaban J connectivity index is 1.76. The van der Waals surface area contributed by atoms with Crippen molar-refractivity contribution in [3.63, 3.8) is 0 Å². The third-order valence-electron chi connectivity index (χ3n) is 5.68. The van der Waals surface area contributed by atoms with E-state index in [-0.39, 0.29) is 6.03 Å². The smallest absolute Gasteiger partial charge is 0.324 e. The first-order chi connectivity index (χ1) is 15.6. The van der Waals surface area contributed by atoms with Crippen molar-refractivity contribution in [3.8, 4) is 17.2 Å². The maximum absolute atomic E-state index is 13.3. The van der Waals surface area contributed by atoms with Gasteiger partial charge in [-0.2, -0.15) is 0 Å². The molecule has 172 valence electrons. The molecule has 0 aliphatic carbocycles. The van der Waals surface area contributed by atoms with Crippen LogP contribution >= 0.6 is 0 Å². The Hall–Kier alpha value is -3.15. The van der Waals surface area contributed by atoms with Crippen molar-refractivity contribution in [2.45, 2.75) is 39.2 Å². The fraction of sp³-hybridized carbons (Fsp3) is 0.423. The molecule has 0 aromatic heterocycles. The highest BCUT2D eigenvalue weighted by atomic mass is 16.5. The molecular weight excluding hydrogens is 404 g/mol. The van der Waals surface area contributed by atoms with Gasteiger partial charge < -0.3 is 19.1 Å². The molecule has 1 aliphatic heterocycles. The Morgan fingerprint density at radius 3 is 2.53 bits per heavy atom. The number of amides is 2. The first-order valence-electron chi connectivity index (χ1n) is 11.3. The third kappa shape index (κ3) is 5.55. The maximum Gasteiger partial charge on any atom is 0.324 e. The summed E-state index contributed by atoms with van der Waals surface area (Å²) in [6.07, 6.45) is 5.93. The number of nitrogens with zero attached hydrogens (tertiary/aromatic N) is 2. The predicted molar refractivity (Wildman–Crippen MR) is 129 cm³/mol. The molecule has 2 aromatic carbocycles. The summed E-state index contributed by atoms with van der Waals surface area (Å²) in [5.41, 5.74) is 2.78. The van der Waals surface area contributed by atoms with Crippen LogP contribution in [0.3, 0.4) is 0 Å². The normalized spacial score (nSPS) is 13.8. The van der Waals surface area contributed by atoms with E-state index in [2.05, 4.69) is 13.5 Å². The lowest BCUT2D eigenvalue weighted by Gasteiger charge is -2.36. The lowest BCUT2D eigenvalue weighted by Crippen LogP contribution is -2.49. The van der Waals surface area contributed by atoms with Crippen LogP contribution in [0.5, 0.6) is 17.2 Å². The molecule has 2 aromatic rings. The second-order valence-electron chi connectivity index (χ2n) is 7.88. The molecule has 0 N–H and O–H groups in total. The Morgan fingerprint density at radius 1 is 1.00 bits per heavy atom. The summed E-state index contributed by atoms with van der Waals surface area (Å²) in [6, 6.07) is 11.6. The lowest BCUT2D eigenvalue weighted by molar-refractivity contribution is 0.191. The van der Waals surface area contributed by atoms with Crippen LogP contribution in [0.1, 0.15) is 43.7 Å². The molecule has 6 heteroatoms. The van der Waals surface area contributed by atoms with Crippen molar-refractivity contribution in [2.75, 3.05) is 38.8 Å². The minimum Gasteiger partial charge on any atom is -0.496 e. The fourth-order valence-electron chi connectivity index (χ4n) is 3.87. The van der Waals surface area contributed by atoms with Crippen molar-refractivity contribution in [3.05, 3.63) is 54.1 Å². The second-order valence-corrected chi connectivity index (χ2v) is 7.88. The fourth-order valence-corrected chi connectivity index (χ4v) is 3.87. The SMILES string of the molecule is C=Cc1ccc(CN2CCCN(c3ccc(OC)c(OCCCCC)c3)C2=O)c(OC)c1. The van der Waals surface area contributed by atoms with E-state index in [1.54, 1.807) is 20.3 Å². The highest BCUT2D eigenvalue weighted by Gasteiger charge is 2.28. The zero-order valence-electron chi connectivity index (χ0n) is 19.4. The molecule has 0 bridgehead atoms. The number of unbranched alkanes of at least 4 members (excludes halogenated alkanes) is 2. The monoisotopic (exact) mass is 438 g/mol. The summed E-state index contributed by atoms with van der Waals surface area (Å²) < 4.78 is 17.0. The number of carbonyl (C=O) groups is 1. The van der Waals surface area contributed by atoms with Gasteiger partial charge in [0.15, 0.2) is 11.5 Å². The molecule has 0 atom stereocenters. The number of hydrogen-bond acceptors (Lipinski definition) is 4. The number of urea groups is 1. The molecule has 1 heterocycles. The standard InChI is InChI=1S/C26H34N2O4/c1-5-7-8-16-32-25-18-22(12-13-23(25)30-3)28-15-9-14-27(26(28)29)19-21-11-10-20(6-2)17-24(21)31-4/h6,10-13,17-18H,2,5,7-9,14-16,19H2,1,3-4H3. The van der Waals surface area contributed by atoms with Crippen molar-refractivity contribution in [2.24, 2.45) is 0 Å². The van der Waals surface area contributed by atoms with Gasteiger partial charge in [0.2, 0.25) is 0 Å². The lowest BCUT2D eigenvalue weighted by atomic mass is 10.1. The van der Waals surface area contributed by atoms with Gasteiger partial charge in [-0.3, -0.25) is 4.90 Å². The van der Waals surface area contributed by atoms with E-state index in [0.29, 0.717) is 37.7 Å². The van der Waals surface area contributed by atoms with Crippen molar-refractivity contribution in [1.82, 2.24) is 4.90 Å². The summed E-state index contributed by atoms with van der Waals surface area (Å²) in [4.78, 5) is 17.0. The Morgan fingerprint density at radius 2 is 1.81 bits per heavy atom. The molecule has 0 unspecified atom stereocenters. The van der Waals surface area contributed by atoms with Crippen LogP contribution in [0.4, 0.5) is 10.5 Å². The number of rotatable bonds is 11. The minimum absolute atomic E-state index is 0.0202. The van der Waals surface area contributed by atoms with Gasteiger partial charge in [0, 0.05) is 30.4 Å². The second kappa shape index (κ2) is 11.5. The number of anilines is 1. The van der Waals surface area contributed by atoms with E-state index in [0.717, 1.165) is 48.2 Å². The summed E-state index contributed by atoms with van der Waals surface area (Å²) in [6.45, 7) is 8.48. The molecule has 0 saturated carbocycles. The predicted octanol–water partition coefficient (Wildman–Crippen LogP) is 5.75. The van der Waals surface area contributed by atoms with Crippen LogP contribution in [0, 0.1) is 0 Å². The van der Waals surface area contributed by atoms with Gasteiger partial charge in [0.25, 0.3) is 0 Å². The molecule has 3 rings (SSSR count). The van der Waals surface area contributed by atoms with E-state index < -0.39 is 0 Å². The van der Waals surface area contributed by atoms with Crippen LogP contribution in [0.2, 0.25) is 0 Å². The van der Waals surface area contributed by atoms with E-state index in [1.165, 1.54) is 0 Å². The van der Waals surface area contributed by atoms with Gasteiger partial charge in [-0.1, -0.05) is 44.6 Å². The number of methoxy groups -OCH3 is 2. The number of hydrogen-bond donors (Lipinski definition) is 0. The zero-order valence-corrected chi connectivity index (χ0v) is 19.4. The molecule has 0 spiro atoms. The molecule has 1 aliphatic rings. The molecule has 2 amide bonds. The molecule has 6 nitrogen and oxygen atoms in total. The van der Waals surface area contributed by atoms with E-state index >= 15 is 0 Å². The highest BCUT2D eigenvalue weighted by molar-refractivity contribution is 5.93. The first-order valence-corrected chi connectivity index (χ1v) is 11.3. The van der Waals surface area contributed by atoms with Crippen molar-refractivity contribution in [1.29, 1.82) is 0 Å². The topological polar surface area (TPSA) is 51.2 Å². The van der Waals surface area contributed by atoms with Crippen LogP contribution in [-0.2, 0) is 6.54 Å². The Kier molecular flexibility index (Phi) is 8.42. The van der Waals surface area contributed by atoms with E-state index in [4.69, 9.17) is 14.2 Å². The summed E-state index contributed by atoms with van der Waals surface area (Å²) in [7, 11) is 3.28. The molecule has 0 radical (unpaired) electrons. The first kappa shape index (κ1) is 23.5. The quantitative estimate of drug-likeness (QED) is 0.419. The van der Waals surface area contributed by atoms with Crippen LogP contribution in [0.25, 0.3) is 6.08 Å². The van der Waals surface area contributed by atoms with Crippen molar-refractivity contribution < 1.29 is 19.0 Å². The van der Waals surface area contributed by atoms with E-state index in [9.17, 15) is 4.79 Å². The summed E-state index contributed by atoms with van der Waals surface area (Å²) in [5, 5.41) is 0. The van der Waals surface area contributed by atoms with Gasteiger partial charge in [-0.15, -0.1) is 0 Å². The van der Waals surface area contributed by atoms with Crippen LogP contribution in [0.15, 0.2) is 43.0 Å². The molecular formula is C26H34N2O4. The van der Waals surface area contributed by atoms with Gasteiger partial charge >= 0.3 is 6.03 Å². The Labute approximate surface area is 191 Å². The zero-order chi connectivity index (χ0) is 22.9. The maximum atomic E-state index is 13.3. The van der Waals surface area contributed by atoms with Crippen LogP contribution < -0.4 is 19.1 Å².